The van der Waals surface area contributed by atoms with Crippen molar-refractivity contribution in [3.05, 3.63) is 53.0 Å². The summed E-state index contributed by atoms with van der Waals surface area (Å²) in [4.78, 5) is 1.01. The van der Waals surface area contributed by atoms with Gasteiger partial charge < -0.3 is 0 Å². The van der Waals surface area contributed by atoms with Gasteiger partial charge in [0, 0.05) is 0 Å². The molecule has 0 fully saturated rings. The van der Waals surface area contributed by atoms with Gasteiger partial charge in [0.25, 0.3) is 0 Å². The van der Waals surface area contributed by atoms with E-state index in [1.165, 1.54) is 0 Å². The quantitative estimate of drug-likeness (QED) is 0.832. The van der Waals surface area contributed by atoms with Crippen LogP contribution < -0.4 is 0 Å². The molecule has 0 amide bonds. The molecule has 0 bridgehead atoms. The van der Waals surface area contributed by atoms with Gasteiger partial charge in [-0.3, -0.25) is 0 Å². The van der Waals surface area contributed by atoms with Crippen LogP contribution in [0.3, 0.4) is 0 Å². The topological polar surface area (TPSA) is 34.1 Å². The Labute approximate surface area is 115 Å². The lowest BCUT2D eigenvalue weighted by Gasteiger charge is -2.24. The van der Waals surface area contributed by atoms with Gasteiger partial charge in [0.1, 0.15) is 0 Å². The van der Waals surface area contributed by atoms with Gasteiger partial charge in [-0.1, -0.05) is 37.3 Å². The molecule has 1 atom stereocenters. The van der Waals surface area contributed by atoms with Crippen molar-refractivity contribution in [3.8, 4) is 0 Å². The molecule has 2 rings (SSSR count). The Kier molecular flexibility index (Phi) is 4.25. The first kappa shape index (κ1) is 14.1. The molecule has 0 heterocycles. The van der Waals surface area contributed by atoms with Crippen molar-refractivity contribution in [1.29, 1.82) is 0 Å². The maximum atomic E-state index is 12.7. The molecule has 0 spiro atoms. The molecule has 0 saturated carbocycles. The average Bonchev–Trinajstić information content (AvgIpc) is 2.42. The third kappa shape index (κ3) is 2.81. The summed E-state index contributed by atoms with van der Waals surface area (Å²) in [5, 5.41) is 0. The standard InChI is InChI=1S/C16H20O2S/c1-3-8-15-13(2)9-7-12-16(15)19(17,18)14-10-5-4-6-11-14/h3-6,8,10-11,13H,7,9,12H2,1-2H3/b8-3+. The van der Waals surface area contributed by atoms with Gasteiger partial charge in [0.2, 0.25) is 9.84 Å². The third-order valence-corrected chi connectivity index (χ3v) is 5.60. The molecule has 1 aliphatic carbocycles. The largest absolute Gasteiger partial charge is 0.219 e. The number of allylic oxidation sites excluding steroid dienone is 4. The molecule has 0 aliphatic heterocycles. The molecule has 1 aromatic rings. The second-order valence-corrected chi connectivity index (χ2v) is 6.96. The molecule has 3 heteroatoms. The molecule has 0 saturated heterocycles. The monoisotopic (exact) mass is 276 g/mol. The van der Waals surface area contributed by atoms with Crippen LogP contribution in [-0.2, 0) is 9.84 Å². The summed E-state index contributed by atoms with van der Waals surface area (Å²) in [6, 6.07) is 8.73. The Balaban J connectivity index is 2.57. The van der Waals surface area contributed by atoms with Crippen molar-refractivity contribution in [2.75, 3.05) is 0 Å². The average molecular weight is 276 g/mol. The minimum Gasteiger partial charge on any atom is -0.219 e. The normalized spacial score (nSPS) is 21.1. The summed E-state index contributed by atoms with van der Waals surface area (Å²) in [7, 11) is -3.34. The van der Waals surface area contributed by atoms with Crippen molar-refractivity contribution in [2.45, 2.75) is 38.0 Å². The van der Waals surface area contributed by atoms with Crippen molar-refractivity contribution in [2.24, 2.45) is 5.92 Å². The number of hydrogen-bond donors (Lipinski definition) is 0. The summed E-state index contributed by atoms with van der Waals surface area (Å²) >= 11 is 0. The highest BCUT2D eigenvalue weighted by Crippen LogP contribution is 2.36. The fourth-order valence-electron chi connectivity index (χ4n) is 2.61. The first-order valence-corrected chi connectivity index (χ1v) is 8.21. The molecule has 2 nitrogen and oxygen atoms in total. The van der Waals surface area contributed by atoms with Crippen LogP contribution in [0.4, 0.5) is 0 Å². The van der Waals surface area contributed by atoms with Crippen LogP contribution in [0, 0.1) is 5.92 Å². The molecule has 1 unspecified atom stereocenters. The number of rotatable bonds is 3. The molecule has 0 radical (unpaired) electrons. The van der Waals surface area contributed by atoms with Gasteiger partial charge in [0.05, 0.1) is 9.80 Å². The SMILES string of the molecule is C/C=C/C1=C(S(=O)(=O)c2ccccc2)CCCC1C. The van der Waals surface area contributed by atoms with Crippen LogP contribution in [0.5, 0.6) is 0 Å². The highest BCUT2D eigenvalue weighted by Gasteiger charge is 2.28. The van der Waals surface area contributed by atoms with Crippen molar-refractivity contribution >= 4 is 9.84 Å². The first-order chi connectivity index (χ1) is 9.07. The van der Waals surface area contributed by atoms with E-state index in [1.807, 2.05) is 25.1 Å². The minimum absolute atomic E-state index is 0.318. The molecule has 19 heavy (non-hydrogen) atoms. The van der Waals surface area contributed by atoms with Crippen molar-refractivity contribution in [3.63, 3.8) is 0 Å². The van der Waals surface area contributed by atoms with Gasteiger partial charge in [-0.05, 0) is 49.8 Å². The molecule has 0 N–H and O–H groups in total. The lowest BCUT2D eigenvalue weighted by molar-refractivity contribution is 0.545. The predicted molar refractivity (Wildman–Crippen MR) is 78.5 cm³/mol. The second-order valence-electron chi connectivity index (χ2n) is 4.99. The van der Waals surface area contributed by atoms with E-state index in [1.54, 1.807) is 24.3 Å². The van der Waals surface area contributed by atoms with Crippen LogP contribution in [0.2, 0.25) is 0 Å². The molecular weight excluding hydrogens is 256 g/mol. The first-order valence-electron chi connectivity index (χ1n) is 6.73. The van der Waals surface area contributed by atoms with Crippen LogP contribution in [0.1, 0.15) is 33.1 Å². The maximum Gasteiger partial charge on any atom is 0.203 e. The Bertz CT molecular complexity index is 595. The van der Waals surface area contributed by atoms with E-state index in [0.29, 0.717) is 22.1 Å². The van der Waals surface area contributed by atoms with E-state index in [4.69, 9.17) is 0 Å². The predicted octanol–water partition coefficient (Wildman–Crippen LogP) is 4.11. The van der Waals surface area contributed by atoms with Crippen LogP contribution >= 0.6 is 0 Å². The summed E-state index contributed by atoms with van der Waals surface area (Å²) in [6.07, 6.45) is 6.55. The molecule has 0 aromatic heterocycles. The van der Waals surface area contributed by atoms with Crippen LogP contribution in [0.15, 0.2) is 57.9 Å². The molecule has 102 valence electrons. The maximum absolute atomic E-state index is 12.7. The van der Waals surface area contributed by atoms with Gasteiger partial charge >= 0.3 is 0 Å². The van der Waals surface area contributed by atoms with Gasteiger partial charge in [-0.2, -0.15) is 0 Å². The third-order valence-electron chi connectivity index (χ3n) is 3.62. The van der Waals surface area contributed by atoms with Crippen LogP contribution in [0.25, 0.3) is 0 Å². The lowest BCUT2D eigenvalue weighted by Crippen LogP contribution is -2.15. The summed E-state index contributed by atoms with van der Waals surface area (Å²) < 4.78 is 25.5. The van der Waals surface area contributed by atoms with Crippen molar-refractivity contribution < 1.29 is 8.42 Å². The zero-order valence-electron chi connectivity index (χ0n) is 11.5. The molecule has 1 aliphatic rings. The number of benzene rings is 1. The zero-order chi connectivity index (χ0) is 13.9. The summed E-state index contributed by atoms with van der Waals surface area (Å²) in [5.41, 5.74) is 0.984. The fourth-order valence-corrected chi connectivity index (χ4v) is 4.40. The summed E-state index contributed by atoms with van der Waals surface area (Å²) in [5.74, 6) is 0.318. The highest BCUT2D eigenvalue weighted by atomic mass is 32.2. The Hall–Kier alpha value is -1.35. The highest BCUT2D eigenvalue weighted by molar-refractivity contribution is 7.95. The van der Waals surface area contributed by atoms with E-state index < -0.39 is 9.84 Å². The fraction of sp³-hybridized carbons (Fsp3) is 0.375. The lowest BCUT2D eigenvalue weighted by atomic mass is 9.89. The van der Waals surface area contributed by atoms with E-state index >= 15 is 0 Å². The van der Waals surface area contributed by atoms with E-state index in [0.717, 1.165) is 18.4 Å². The van der Waals surface area contributed by atoms with E-state index in [2.05, 4.69) is 6.92 Å². The van der Waals surface area contributed by atoms with Gasteiger partial charge in [-0.15, -0.1) is 0 Å². The summed E-state index contributed by atoms with van der Waals surface area (Å²) in [6.45, 7) is 4.04. The Morgan fingerprint density at radius 3 is 2.53 bits per heavy atom. The van der Waals surface area contributed by atoms with E-state index in [9.17, 15) is 8.42 Å². The molecular formula is C16H20O2S. The Morgan fingerprint density at radius 1 is 1.21 bits per heavy atom. The smallest absolute Gasteiger partial charge is 0.203 e. The van der Waals surface area contributed by atoms with Gasteiger partial charge in [0.15, 0.2) is 0 Å². The molecule has 1 aromatic carbocycles. The zero-order valence-corrected chi connectivity index (χ0v) is 12.3. The van der Waals surface area contributed by atoms with E-state index in [-0.39, 0.29) is 0 Å². The number of sulfone groups is 1. The second kappa shape index (κ2) is 5.74. The van der Waals surface area contributed by atoms with Crippen molar-refractivity contribution in [1.82, 2.24) is 0 Å². The number of hydrogen-bond acceptors (Lipinski definition) is 2. The Morgan fingerprint density at radius 2 is 1.89 bits per heavy atom. The van der Waals surface area contributed by atoms with Gasteiger partial charge in [-0.25, -0.2) is 8.42 Å². The van der Waals surface area contributed by atoms with Crippen LogP contribution in [-0.4, -0.2) is 8.42 Å². The minimum atomic E-state index is -3.34.